The number of ketones is 1. The largest absolute Gasteiger partial charge is 0.377 e. The molecule has 2 heteroatoms. The fourth-order valence-electron chi connectivity index (χ4n) is 5.90. The summed E-state index contributed by atoms with van der Waals surface area (Å²) in [5, 5.41) is 4.04. The maximum absolute atomic E-state index is 13.8. The van der Waals surface area contributed by atoms with Gasteiger partial charge in [0.1, 0.15) is 0 Å². The summed E-state index contributed by atoms with van der Waals surface area (Å²) in [4.78, 5) is 13.8. The van der Waals surface area contributed by atoms with Crippen molar-refractivity contribution in [3.8, 4) is 0 Å². The smallest absolute Gasteiger partial charge is 0.183 e. The summed E-state index contributed by atoms with van der Waals surface area (Å²) in [5.74, 6) is 1.04. The van der Waals surface area contributed by atoms with Gasteiger partial charge in [-0.2, -0.15) is 0 Å². The molecular weight excluding hydrogens is 414 g/mol. The summed E-state index contributed by atoms with van der Waals surface area (Å²) in [5.41, 5.74) is 5.92. The Morgan fingerprint density at radius 2 is 1.21 bits per heavy atom. The first-order valence-corrected chi connectivity index (χ1v) is 13.4. The number of carbonyl (C=O) groups excluding carboxylic acids is 1. The first-order chi connectivity index (χ1) is 16.6. The van der Waals surface area contributed by atoms with Crippen LogP contribution in [-0.2, 0) is 4.79 Å². The first-order valence-electron chi connectivity index (χ1n) is 13.4. The highest BCUT2D eigenvalue weighted by Gasteiger charge is 2.31. The van der Waals surface area contributed by atoms with Gasteiger partial charge >= 0.3 is 0 Å². The molecular formula is C32H41NO. The van der Waals surface area contributed by atoms with Crippen molar-refractivity contribution in [2.24, 2.45) is 11.8 Å². The molecule has 0 aromatic heterocycles. The van der Waals surface area contributed by atoms with Gasteiger partial charge in [0.2, 0.25) is 0 Å². The predicted molar refractivity (Wildman–Crippen MR) is 142 cm³/mol. The lowest BCUT2D eigenvalue weighted by Gasteiger charge is -2.34. The average Bonchev–Trinajstić information content (AvgIpc) is 2.88. The molecule has 1 N–H and O–H groups in total. The number of benzene rings is 2. The third-order valence-electron chi connectivity index (χ3n) is 7.57. The molecule has 2 aromatic carbocycles. The van der Waals surface area contributed by atoms with Crippen LogP contribution in [0.1, 0.15) is 95.2 Å². The summed E-state index contributed by atoms with van der Waals surface area (Å²) in [7, 11) is 0. The number of nitrogens with one attached hydrogen (secondary N) is 1. The van der Waals surface area contributed by atoms with Crippen molar-refractivity contribution >= 4 is 5.78 Å². The molecule has 180 valence electrons. The Bertz CT molecular complexity index is 933. The van der Waals surface area contributed by atoms with E-state index in [9.17, 15) is 4.79 Å². The fourth-order valence-corrected chi connectivity index (χ4v) is 5.90. The van der Waals surface area contributed by atoms with E-state index < -0.39 is 0 Å². The van der Waals surface area contributed by atoms with Crippen LogP contribution in [0.15, 0.2) is 83.6 Å². The van der Waals surface area contributed by atoms with Crippen molar-refractivity contribution < 1.29 is 4.79 Å². The van der Waals surface area contributed by atoms with Crippen LogP contribution in [-0.4, -0.2) is 5.78 Å². The van der Waals surface area contributed by atoms with Crippen LogP contribution in [0.3, 0.4) is 0 Å². The highest BCUT2D eigenvalue weighted by Crippen LogP contribution is 2.39. The molecule has 0 unspecified atom stereocenters. The molecule has 2 fully saturated rings. The number of hydrogen-bond donors (Lipinski definition) is 1. The van der Waals surface area contributed by atoms with Gasteiger partial charge in [-0.3, -0.25) is 4.79 Å². The number of carbonyl (C=O) groups is 1. The van der Waals surface area contributed by atoms with Crippen LogP contribution in [0.4, 0.5) is 0 Å². The monoisotopic (exact) mass is 455 g/mol. The molecule has 2 nitrogen and oxygen atoms in total. The quantitative estimate of drug-likeness (QED) is 0.405. The van der Waals surface area contributed by atoms with E-state index in [-0.39, 0.29) is 11.8 Å². The van der Waals surface area contributed by atoms with E-state index in [1.807, 2.05) is 19.9 Å². The number of allylic oxidation sites excluding steroid dienone is 4. The Hall–Kier alpha value is -2.61. The van der Waals surface area contributed by atoms with Crippen molar-refractivity contribution in [2.75, 3.05) is 0 Å². The van der Waals surface area contributed by atoms with Gasteiger partial charge < -0.3 is 5.32 Å². The summed E-state index contributed by atoms with van der Waals surface area (Å²) < 4.78 is 0. The second kappa shape index (κ2) is 12.2. The predicted octanol–water partition coefficient (Wildman–Crippen LogP) is 8.32. The van der Waals surface area contributed by atoms with Crippen molar-refractivity contribution in [2.45, 2.75) is 84.1 Å². The molecule has 4 rings (SSSR count). The molecule has 0 heterocycles. The van der Waals surface area contributed by atoms with Crippen LogP contribution < -0.4 is 5.32 Å². The summed E-state index contributed by atoms with van der Waals surface area (Å²) in [6.45, 7) is 4.09. The highest BCUT2D eigenvalue weighted by molar-refractivity contribution is 6.05. The topological polar surface area (TPSA) is 29.1 Å². The molecule has 0 bridgehead atoms. The molecule has 0 saturated heterocycles. The van der Waals surface area contributed by atoms with Gasteiger partial charge in [0.25, 0.3) is 0 Å². The lowest BCUT2D eigenvalue weighted by molar-refractivity contribution is -0.112. The lowest BCUT2D eigenvalue weighted by atomic mass is 9.76. The average molecular weight is 456 g/mol. The van der Waals surface area contributed by atoms with Gasteiger partial charge in [-0.05, 0) is 68.6 Å². The van der Waals surface area contributed by atoms with E-state index in [2.05, 4.69) is 66.0 Å². The Balaban J connectivity index is 1.84. The van der Waals surface area contributed by atoms with E-state index in [1.165, 1.54) is 68.2 Å². The van der Waals surface area contributed by atoms with Crippen molar-refractivity contribution in [3.05, 3.63) is 94.7 Å². The van der Waals surface area contributed by atoms with E-state index in [4.69, 9.17) is 0 Å². The van der Waals surface area contributed by atoms with Gasteiger partial charge in [-0.15, -0.1) is 0 Å². The molecule has 0 radical (unpaired) electrons. The molecule has 0 atom stereocenters. The third kappa shape index (κ3) is 6.29. The molecule has 0 amide bonds. The van der Waals surface area contributed by atoms with Crippen LogP contribution in [0.5, 0.6) is 0 Å². The Labute approximate surface area is 206 Å². The zero-order chi connectivity index (χ0) is 23.8. The van der Waals surface area contributed by atoms with E-state index in [1.54, 1.807) is 0 Å². The minimum Gasteiger partial charge on any atom is -0.377 e. The molecule has 2 aliphatic carbocycles. The zero-order valence-electron chi connectivity index (χ0n) is 21.1. The molecule has 2 aromatic rings. The first kappa shape index (κ1) is 24.5. The second-order valence-electron chi connectivity index (χ2n) is 10.5. The van der Waals surface area contributed by atoms with Crippen LogP contribution in [0.25, 0.3) is 0 Å². The van der Waals surface area contributed by atoms with E-state index >= 15 is 0 Å². The Morgan fingerprint density at radius 3 is 1.68 bits per heavy atom. The maximum atomic E-state index is 13.8. The van der Waals surface area contributed by atoms with Crippen molar-refractivity contribution in [1.29, 1.82) is 0 Å². The van der Waals surface area contributed by atoms with Crippen LogP contribution >= 0.6 is 0 Å². The highest BCUT2D eigenvalue weighted by atomic mass is 16.1. The van der Waals surface area contributed by atoms with Crippen LogP contribution in [0.2, 0.25) is 0 Å². The normalized spacial score (nSPS) is 18.3. The number of rotatable bonds is 8. The lowest BCUT2D eigenvalue weighted by Crippen LogP contribution is -2.32. The SMILES string of the molecule is CC(C)=CC(=O)/C(=C(\NC(c1ccccc1)c1ccccc1)C1CCCCC1)C1CCCCC1. The van der Waals surface area contributed by atoms with Gasteiger partial charge in [0, 0.05) is 11.3 Å². The van der Waals surface area contributed by atoms with E-state index in [0.29, 0.717) is 11.8 Å². The Morgan fingerprint density at radius 1 is 0.735 bits per heavy atom. The molecule has 2 saturated carbocycles. The zero-order valence-corrected chi connectivity index (χ0v) is 21.1. The van der Waals surface area contributed by atoms with Crippen molar-refractivity contribution in [3.63, 3.8) is 0 Å². The standard InChI is InChI=1S/C32H41NO/c1-24(2)23-29(34)30(25-15-7-3-8-16-25)32(28-21-13-6-14-22-28)33-31(26-17-9-4-10-18-26)27-19-11-5-12-20-27/h4-5,9-12,17-20,23,25,28,31,33H,3,6-8,13-16,21-22H2,1-2H3/b32-30-. The Kier molecular flexibility index (Phi) is 8.79. The molecule has 0 spiro atoms. The minimum absolute atomic E-state index is 0.0393. The van der Waals surface area contributed by atoms with Crippen molar-refractivity contribution in [1.82, 2.24) is 5.32 Å². The van der Waals surface area contributed by atoms with Gasteiger partial charge in [0.05, 0.1) is 6.04 Å². The molecule has 34 heavy (non-hydrogen) atoms. The molecule has 2 aliphatic rings. The molecule has 0 aliphatic heterocycles. The minimum atomic E-state index is 0.0393. The summed E-state index contributed by atoms with van der Waals surface area (Å²) in [6.07, 6.45) is 14.1. The van der Waals surface area contributed by atoms with Gasteiger partial charge in [0.15, 0.2) is 5.78 Å². The maximum Gasteiger partial charge on any atom is 0.183 e. The third-order valence-corrected chi connectivity index (χ3v) is 7.57. The van der Waals surface area contributed by atoms with E-state index in [0.717, 1.165) is 24.0 Å². The van der Waals surface area contributed by atoms with Gasteiger partial charge in [-0.25, -0.2) is 0 Å². The fraction of sp³-hybridized carbons (Fsp3) is 0.469. The second-order valence-corrected chi connectivity index (χ2v) is 10.5. The number of hydrogen-bond acceptors (Lipinski definition) is 2. The summed E-state index contributed by atoms with van der Waals surface area (Å²) in [6, 6.07) is 21.5. The van der Waals surface area contributed by atoms with Gasteiger partial charge in [-0.1, -0.05) is 105 Å². The van der Waals surface area contributed by atoms with Crippen LogP contribution in [0, 0.1) is 11.8 Å². The summed E-state index contributed by atoms with van der Waals surface area (Å²) >= 11 is 0.